The van der Waals surface area contributed by atoms with Crippen LogP contribution in [0.5, 0.6) is 23.0 Å². The van der Waals surface area contributed by atoms with Gasteiger partial charge in [0.2, 0.25) is 0 Å². The molecule has 0 radical (unpaired) electrons. The van der Waals surface area contributed by atoms with E-state index in [1.54, 1.807) is 23.5 Å². The van der Waals surface area contributed by atoms with Crippen LogP contribution in [0, 0.1) is 0 Å². The summed E-state index contributed by atoms with van der Waals surface area (Å²) in [6.45, 7) is 0.0496. The molecule has 0 spiro atoms. The predicted molar refractivity (Wildman–Crippen MR) is 101 cm³/mol. The van der Waals surface area contributed by atoms with Crippen LogP contribution in [0.15, 0.2) is 36.4 Å². The highest BCUT2D eigenvalue weighted by atomic mass is 35.5. The second-order valence-corrected chi connectivity index (χ2v) is 6.67. The van der Waals surface area contributed by atoms with Crippen molar-refractivity contribution < 1.29 is 36.9 Å². The minimum absolute atomic E-state index is 0.0496. The van der Waals surface area contributed by atoms with E-state index in [0.717, 1.165) is 5.56 Å². The summed E-state index contributed by atoms with van der Waals surface area (Å²) in [6, 6.07) is 7.77. The number of amides is 2. The van der Waals surface area contributed by atoms with Gasteiger partial charge in [-0.3, -0.25) is 5.32 Å². The van der Waals surface area contributed by atoms with Crippen LogP contribution in [-0.2, 0) is 6.42 Å². The van der Waals surface area contributed by atoms with Crippen LogP contribution in [0.3, 0.4) is 0 Å². The third-order valence-electron chi connectivity index (χ3n) is 4.21. The number of rotatable bonds is 6. The van der Waals surface area contributed by atoms with Crippen LogP contribution in [0.1, 0.15) is 5.56 Å². The maximum atomic E-state index is 13.6. The maximum Gasteiger partial charge on any atom is 0.492 e. The molecule has 2 amide bonds. The van der Waals surface area contributed by atoms with E-state index >= 15 is 0 Å². The average molecular weight is 447 g/mol. The molecule has 0 bridgehead atoms. The van der Waals surface area contributed by atoms with Gasteiger partial charge < -0.3 is 24.3 Å². The topological polar surface area (TPSA) is 78.1 Å². The van der Waals surface area contributed by atoms with Crippen molar-refractivity contribution in [1.82, 2.24) is 10.6 Å². The fraction of sp³-hybridized carbons (Fsp3) is 0.316. The van der Waals surface area contributed by atoms with Gasteiger partial charge in [0.15, 0.2) is 23.0 Å². The number of carbonyl (C=O) groups excluding carboxylic acids is 1. The molecule has 30 heavy (non-hydrogen) atoms. The Morgan fingerprint density at radius 1 is 1.07 bits per heavy atom. The molecule has 11 heteroatoms. The van der Waals surface area contributed by atoms with Gasteiger partial charge >= 0.3 is 18.1 Å². The van der Waals surface area contributed by atoms with Gasteiger partial charge in [-0.25, -0.2) is 4.79 Å². The van der Waals surface area contributed by atoms with Gasteiger partial charge in [-0.15, -0.1) is 0 Å². The summed E-state index contributed by atoms with van der Waals surface area (Å²) in [6.07, 6.45) is -4.72. The van der Waals surface area contributed by atoms with Crippen molar-refractivity contribution in [2.24, 2.45) is 0 Å². The number of urea groups is 1. The van der Waals surface area contributed by atoms with Crippen molar-refractivity contribution in [3.63, 3.8) is 0 Å². The molecule has 1 aliphatic rings. The molecule has 2 aromatic rings. The Morgan fingerprint density at radius 3 is 2.43 bits per heavy atom. The van der Waals surface area contributed by atoms with Gasteiger partial charge in [0, 0.05) is 17.6 Å². The summed E-state index contributed by atoms with van der Waals surface area (Å²) in [4.78, 5) is 12.1. The molecular weight excluding hydrogens is 429 g/mol. The number of hydrogen-bond donors (Lipinski definition) is 2. The fourth-order valence-corrected chi connectivity index (χ4v) is 2.93. The summed E-state index contributed by atoms with van der Waals surface area (Å²) in [5, 5.41) is 4.23. The first-order chi connectivity index (χ1) is 14.2. The Labute approximate surface area is 175 Å². The van der Waals surface area contributed by atoms with Crippen molar-refractivity contribution in [3.05, 3.63) is 47.0 Å². The van der Waals surface area contributed by atoms with Gasteiger partial charge in [-0.1, -0.05) is 17.7 Å². The molecule has 1 unspecified atom stereocenters. The highest BCUT2D eigenvalue weighted by Crippen LogP contribution is 2.46. The molecule has 3 rings (SSSR count). The molecule has 0 aliphatic carbocycles. The number of methoxy groups -OCH3 is 2. The number of benzene rings is 2. The number of carbonyl (C=O) groups is 1. The van der Waals surface area contributed by atoms with E-state index in [1.165, 1.54) is 32.4 Å². The van der Waals surface area contributed by atoms with Crippen molar-refractivity contribution in [2.45, 2.75) is 18.5 Å². The van der Waals surface area contributed by atoms with Crippen molar-refractivity contribution in [2.75, 3.05) is 20.8 Å². The van der Waals surface area contributed by atoms with Crippen LogP contribution in [-0.4, -0.2) is 38.9 Å². The zero-order chi connectivity index (χ0) is 21.9. The summed E-state index contributed by atoms with van der Waals surface area (Å²) in [5.74, 6) is -2.74. The zero-order valence-corrected chi connectivity index (χ0v) is 16.7. The van der Waals surface area contributed by atoms with E-state index in [0.29, 0.717) is 17.9 Å². The lowest BCUT2D eigenvalue weighted by Crippen LogP contribution is -2.66. The summed E-state index contributed by atoms with van der Waals surface area (Å²) in [5.41, 5.74) is 0.786. The number of fused-ring (bicyclic) bond motifs is 1. The van der Waals surface area contributed by atoms with E-state index in [2.05, 4.69) is 5.32 Å². The van der Waals surface area contributed by atoms with Crippen LogP contribution in [0.2, 0.25) is 5.02 Å². The Morgan fingerprint density at radius 2 is 1.77 bits per heavy atom. The number of nitrogens with one attached hydrogen (secondary N) is 2. The number of ether oxygens (including phenoxy) is 4. The molecule has 2 aromatic carbocycles. The lowest BCUT2D eigenvalue weighted by Gasteiger charge is -2.29. The van der Waals surface area contributed by atoms with E-state index in [9.17, 15) is 18.0 Å². The van der Waals surface area contributed by atoms with Gasteiger partial charge in [0.25, 0.3) is 0 Å². The summed E-state index contributed by atoms with van der Waals surface area (Å²) in [7, 11) is 2.98. The molecule has 0 saturated heterocycles. The zero-order valence-electron chi connectivity index (χ0n) is 15.9. The molecule has 0 aromatic heterocycles. The number of halogens is 4. The first kappa shape index (κ1) is 21.7. The van der Waals surface area contributed by atoms with E-state index in [4.69, 9.17) is 30.5 Å². The molecule has 0 fully saturated rings. The van der Waals surface area contributed by atoms with Gasteiger partial charge in [0.05, 0.1) is 14.2 Å². The minimum Gasteiger partial charge on any atom is -0.493 e. The Hall–Kier alpha value is -3.01. The van der Waals surface area contributed by atoms with Crippen LogP contribution in [0.4, 0.5) is 18.0 Å². The molecule has 2 N–H and O–H groups in total. The van der Waals surface area contributed by atoms with Gasteiger partial charge in [-0.05, 0) is 36.2 Å². The second-order valence-electron chi connectivity index (χ2n) is 6.23. The highest BCUT2D eigenvalue weighted by molar-refractivity contribution is 6.30. The maximum absolute atomic E-state index is 13.6. The Kier molecular flexibility index (Phi) is 6.06. The van der Waals surface area contributed by atoms with Crippen LogP contribution in [0.25, 0.3) is 0 Å². The largest absolute Gasteiger partial charge is 0.493 e. The smallest absolute Gasteiger partial charge is 0.492 e. The summed E-state index contributed by atoms with van der Waals surface area (Å²) >= 11 is 5.77. The lowest BCUT2D eigenvalue weighted by atomic mass is 10.1. The minimum atomic E-state index is -5.06. The molecular formula is C19H18ClF3N2O5. The fourth-order valence-electron chi connectivity index (χ4n) is 2.76. The Balaban J connectivity index is 1.63. The third kappa shape index (κ3) is 4.43. The molecule has 0 saturated carbocycles. The third-order valence-corrected chi connectivity index (χ3v) is 4.45. The highest BCUT2D eigenvalue weighted by Gasteiger charge is 2.65. The standard InChI is InChI=1S/C19H18ClF3N2O5/c1-27-13-5-3-11(9-15(13)28-2)7-8-24-17(26)25-19(18(21,22)23)29-14-6-4-12(20)10-16(14)30-19/h3-6,9-10H,7-8H2,1-2H3,(H2,24,25,26). The molecule has 1 aliphatic heterocycles. The van der Waals surface area contributed by atoms with Gasteiger partial charge in [-0.2, -0.15) is 13.2 Å². The molecule has 1 atom stereocenters. The quantitative estimate of drug-likeness (QED) is 0.704. The van der Waals surface area contributed by atoms with Crippen molar-refractivity contribution in [1.29, 1.82) is 0 Å². The average Bonchev–Trinajstić information content (AvgIpc) is 3.06. The number of alkyl halides is 3. The predicted octanol–water partition coefficient (Wildman–Crippen LogP) is 3.89. The SMILES string of the molecule is COc1ccc(CCNC(=O)NC2(C(F)(F)F)Oc3ccc(Cl)cc3O2)cc1OC. The summed E-state index contributed by atoms with van der Waals surface area (Å²) < 4.78 is 61.0. The first-order valence-corrected chi connectivity index (χ1v) is 9.06. The van der Waals surface area contributed by atoms with E-state index in [1.807, 2.05) is 0 Å². The van der Waals surface area contributed by atoms with Crippen LogP contribution < -0.4 is 29.6 Å². The molecule has 162 valence electrons. The van der Waals surface area contributed by atoms with Crippen molar-refractivity contribution in [3.8, 4) is 23.0 Å². The normalized spacial score (nSPS) is 17.4. The van der Waals surface area contributed by atoms with Gasteiger partial charge in [0.1, 0.15) is 0 Å². The Bertz CT molecular complexity index is 941. The second kappa shape index (κ2) is 8.39. The van der Waals surface area contributed by atoms with Crippen molar-refractivity contribution >= 4 is 17.6 Å². The van der Waals surface area contributed by atoms with E-state index < -0.39 is 18.1 Å². The molecule has 1 heterocycles. The monoisotopic (exact) mass is 446 g/mol. The number of hydrogen-bond acceptors (Lipinski definition) is 5. The molecule has 7 nitrogen and oxygen atoms in total. The lowest BCUT2D eigenvalue weighted by molar-refractivity contribution is -0.317. The van der Waals surface area contributed by atoms with Crippen LogP contribution >= 0.6 is 11.6 Å². The van der Waals surface area contributed by atoms with E-state index in [-0.39, 0.29) is 23.1 Å². The first-order valence-electron chi connectivity index (χ1n) is 8.68.